The van der Waals surface area contributed by atoms with Crippen LogP contribution in [0.5, 0.6) is 0 Å². The highest BCUT2D eigenvalue weighted by molar-refractivity contribution is 7.98. The Hall–Kier alpha value is -0.420. The van der Waals surface area contributed by atoms with E-state index in [0.29, 0.717) is 24.1 Å². The average molecular weight is 565 g/mol. The molecule has 5 aliphatic heterocycles. The van der Waals surface area contributed by atoms with Gasteiger partial charge in [-0.3, -0.25) is 25.1 Å². The van der Waals surface area contributed by atoms with E-state index in [1.54, 1.807) is 0 Å². The maximum Gasteiger partial charge on any atom is 0.253 e. The zero-order chi connectivity index (χ0) is 27.6. The number of carbonyl (C=O) groups is 1. The summed E-state index contributed by atoms with van der Waals surface area (Å²) >= 11 is 1.89. The number of nitrogens with one attached hydrogen (secondary N) is 4. The largest absolute Gasteiger partial charge is 0.368 e. The molecule has 9 heteroatoms. The van der Waals surface area contributed by atoms with Crippen LogP contribution < -0.4 is 20.7 Å². The molecular formula is C30H56N6O2S. The van der Waals surface area contributed by atoms with E-state index >= 15 is 0 Å². The van der Waals surface area contributed by atoms with Gasteiger partial charge in [0.25, 0.3) is 5.91 Å². The molecule has 5 aliphatic rings. The highest BCUT2D eigenvalue weighted by Gasteiger charge is 2.48. The van der Waals surface area contributed by atoms with Crippen LogP contribution in [0.3, 0.4) is 0 Å². The van der Waals surface area contributed by atoms with Crippen molar-refractivity contribution in [2.24, 2.45) is 17.3 Å². The summed E-state index contributed by atoms with van der Waals surface area (Å²) in [6.45, 7) is 16.3. The molecule has 1 amide bonds. The van der Waals surface area contributed by atoms with Gasteiger partial charge in [-0.05, 0) is 89.5 Å². The lowest BCUT2D eigenvalue weighted by Crippen LogP contribution is -2.65. The molecule has 224 valence electrons. The smallest absolute Gasteiger partial charge is 0.253 e. The topological polar surface area (TPSA) is 80.9 Å². The first kappa shape index (κ1) is 30.1. The number of ether oxygens (including phenoxy) is 1. The van der Waals surface area contributed by atoms with Crippen LogP contribution in [0.25, 0.3) is 0 Å². The van der Waals surface area contributed by atoms with Crippen molar-refractivity contribution < 1.29 is 9.53 Å². The number of fused-ring (bicyclic) bond motifs is 6. The maximum absolute atomic E-state index is 13.4. The SMILES string of the molecule is CC(C)(C)CCOC1CCN(C2CCC3CNSC4CCCC(NCCC[C@@H]5CN(C3N2)C(C)(C)C5)N4)C1=O. The average Bonchev–Trinajstić information content (AvgIpc) is 3.39. The van der Waals surface area contributed by atoms with Crippen LogP contribution in [0.2, 0.25) is 0 Å². The van der Waals surface area contributed by atoms with Crippen LogP contribution in [-0.2, 0) is 9.53 Å². The Balaban J connectivity index is 1.26. The van der Waals surface area contributed by atoms with E-state index in [1.807, 2.05) is 11.9 Å². The van der Waals surface area contributed by atoms with Crippen LogP contribution in [-0.4, -0.2) is 84.0 Å². The first-order valence-corrected chi connectivity index (χ1v) is 16.8. The van der Waals surface area contributed by atoms with E-state index in [9.17, 15) is 4.79 Å². The first-order chi connectivity index (χ1) is 18.6. The zero-order valence-electron chi connectivity index (χ0n) is 25.3. The summed E-state index contributed by atoms with van der Waals surface area (Å²) in [5.41, 5.74) is 0.385. The summed E-state index contributed by atoms with van der Waals surface area (Å²) in [5, 5.41) is 12.1. The molecule has 5 rings (SSSR count). The van der Waals surface area contributed by atoms with Crippen molar-refractivity contribution in [3.05, 3.63) is 0 Å². The quantitative estimate of drug-likeness (QED) is 0.384. The van der Waals surface area contributed by atoms with Gasteiger partial charge in [-0.25, -0.2) is 0 Å². The van der Waals surface area contributed by atoms with Crippen molar-refractivity contribution in [2.45, 2.75) is 134 Å². The molecule has 0 aromatic rings. The number of piperidine rings is 2. The van der Waals surface area contributed by atoms with Crippen LogP contribution in [0, 0.1) is 17.3 Å². The van der Waals surface area contributed by atoms with Crippen LogP contribution >= 0.6 is 11.9 Å². The summed E-state index contributed by atoms with van der Waals surface area (Å²) in [4.78, 5) is 18.3. The lowest BCUT2D eigenvalue weighted by Gasteiger charge is -2.49. The Morgan fingerprint density at radius 1 is 1.05 bits per heavy atom. The highest BCUT2D eigenvalue weighted by atomic mass is 32.2. The summed E-state index contributed by atoms with van der Waals surface area (Å²) < 4.78 is 9.90. The van der Waals surface area contributed by atoms with Crippen LogP contribution in [0.4, 0.5) is 0 Å². The van der Waals surface area contributed by atoms with Gasteiger partial charge in [0.15, 0.2) is 0 Å². The van der Waals surface area contributed by atoms with E-state index in [4.69, 9.17) is 4.74 Å². The van der Waals surface area contributed by atoms with Crippen molar-refractivity contribution in [1.82, 2.24) is 30.5 Å². The fraction of sp³-hybridized carbons (Fsp3) is 0.967. The number of rotatable bonds is 4. The maximum atomic E-state index is 13.4. The van der Waals surface area contributed by atoms with Gasteiger partial charge in [0, 0.05) is 44.1 Å². The molecule has 0 saturated carbocycles. The standard InChI is InChI=1S/C30H56N6O2S/c1-29(2,3)14-17-38-23-13-16-35(28(23)37)25-12-11-22-19-32-39-26-10-6-9-24(33-26)31-15-7-8-21-18-30(4,5)36(20-21)27(22)34-25/h21-27,31-34H,6-20H2,1-5H3/t21-,22?,23?,24?,25?,26?,27?/m0/s1. The molecule has 5 fully saturated rings. The Labute approximate surface area is 242 Å². The number of nitrogens with zero attached hydrogens (tertiary/aromatic N) is 2. The minimum absolute atomic E-state index is 0.101. The van der Waals surface area contributed by atoms with Gasteiger partial charge in [-0.1, -0.05) is 32.7 Å². The molecule has 4 N–H and O–H groups in total. The van der Waals surface area contributed by atoms with Gasteiger partial charge < -0.3 is 15.0 Å². The molecule has 0 aromatic heterocycles. The molecule has 7 unspecified atom stereocenters. The second kappa shape index (κ2) is 12.8. The van der Waals surface area contributed by atoms with Gasteiger partial charge in [-0.2, -0.15) is 0 Å². The number of amides is 1. The van der Waals surface area contributed by atoms with E-state index in [1.165, 1.54) is 38.5 Å². The van der Waals surface area contributed by atoms with Gasteiger partial charge in [-0.15, -0.1) is 0 Å². The number of carbonyl (C=O) groups excluding carboxylic acids is 1. The third kappa shape index (κ3) is 7.70. The molecule has 0 spiro atoms. The van der Waals surface area contributed by atoms with Gasteiger partial charge >= 0.3 is 0 Å². The Kier molecular flexibility index (Phi) is 9.89. The number of hydrogen-bond acceptors (Lipinski definition) is 8. The molecule has 39 heavy (non-hydrogen) atoms. The van der Waals surface area contributed by atoms with Crippen molar-refractivity contribution in [1.29, 1.82) is 0 Å². The van der Waals surface area contributed by atoms with Gasteiger partial charge in [0.05, 0.1) is 23.9 Å². The van der Waals surface area contributed by atoms with E-state index in [2.05, 4.69) is 65.1 Å². The molecular weight excluding hydrogens is 508 g/mol. The minimum Gasteiger partial charge on any atom is -0.368 e. The van der Waals surface area contributed by atoms with Gasteiger partial charge in [0.1, 0.15) is 6.10 Å². The van der Waals surface area contributed by atoms with Crippen molar-refractivity contribution in [2.75, 3.05) is 32.8 Å². The van der Waals surface area contributed by atoms with E-state index in [-0.39, 0.29) is 35.3 Å². The molecule has 4 bridgehead atoms. The summed E-state index contributed by atoms with van der Waals surface area (Å²) in [7, 11) is 0. The molecule has 5 saturated heterocycles. The molecule has 5 heterocycles. The van der Waals surface area contributed by atoms with E-state index < -0.39 is 0 Å². The molecule has 0 aromatic carbocycles. The second-order valence-corrected chi connectivity index (χ2v) is 15.8. The summed E-state index contributed by atoms with van der Waals surface area (Å²) in [6, 6.07) is 0. The number of likely N-dealkylation sites (tertiary alicyclic amines) is 1. The number of hydrogen-bond donors (Lipinski definition) is 4. The van der Waals surface area contributed by atoms with Gasteiger partial charge in [0.2, 0.25) is 0 Å². The van der Waals surface area contributed by atoms with Crippen molar-refractivity contribution in [3.63, 3.8) is 0 Å². The second-order valence-electron chi connectivity index (χ2n) is 14.7. The molecule has 8 atom stereocenters. The zero-order valence-corrected chi connectivity index (χ0v) is 26.1. The predicted molar refractivity (Wildman–Crippen MR) is 160 cm³/mol. The molecule has 0 aliphatic carbocycles. The van der Waals surface area contributed by atoms with E-state index in [0.717, 1.165) is 57.8 Å². The van der Waals surface area contributed by atoms with Crippen LogP contribution in [0.1, 0.15) is 98.8 Å². The minimum atomic E-state index is -0.272. The van der Waals surface area contributed by atoms with Crippen molar-refractivity contribution >= 4 is 17.9 Å². The lowest BCUT2D eigenvalue weighted by atomic mass is 9.90. The summed E-state index contributed by atoms with van der Waals surface area (Å²) in [6.07, 6.45) is 12.0. The fourth-order valence-corrected chi connectivity index (χ4v) is 8.60. The van der Waals surface area contributed by atoms with Crippen LogP contribution in [0.15, 0.2) is 0 Å². The third-order valence-electron chi connectivity index (χ3n) is 9.81. The normalized spacial score (nSPS) is 40.1. The fourth-order valence-electron chi connectivity index (χ4n) is 7.57. The Morgan fingerprint density at radius 3 is 2.72 bits per heavy atom. The summed E-state index contributed by atoms with van der Waals surface area (Å²) in [5.74, 6) is 1.44. The monoisotopic (exact) mass is 564 g/mol. The third-order valence-corrected chi connectivity index (χ3v) is 10.8. The first-order valence-electron chi connectivity index (χ1n) is 15.9. The van der Waals surface area contributed by atoms with Crippen molar-refractivity contribution in [3.8, 4) is 0 Å². The lowest BCUT2D eigenvalue weighted by molar-refractivity contribution is -0.142. The molecule has 8 nitrogen and oxygen atoms in total. The Bertz CT molecular complexity index is 822. The molecule has 0 radical (unpaired) electrons. The predicted octanol–water partition coefficient (Wildman–Crippen LogP) is 3.84. The highest BCUT2D eigenvalue weighted by Crippen LogP contribution is 2.40. The Morgan fingerprint density at radius 2 is 1.90 bits per heavy atom.